The van der Waals surface area contributed by atoms with Crippen LogP contribution in [0.25, 0.3) is 10.9 Å². The predicted octanol–water partition coefficient (Wildman–Crippen LogP) is 4.25. The maximum absolute atomic E-state index is 6.19. The Balaban J connectivity index is 1.85. The molecule has 160 valence electrons. The Morgan fingerprint density at radius 1 is 1.23 bits per heavy atom. The largest absolute Gasteiger partial charge is 0.493 e. The quantitative estimate of drug-likeness (QED) is 0.626. The fraction of sp³-hybridized carbons (Fsp3) is 0.391. The molecule has 1 aromatic carbocycles. The van der Waals surface area contributed by atoms with Crippen molar-refractivity contribution in [2.75, 3.05) is 20.8 Å². The molecule has 1 aromatic heterocycles. The summed E-state index contributed by atoms with van der Waals surface area (Å²) in [5.74, 6) is 2.78. The Kier molecular flexibility index (Phi) is 7.17. The van der Waals surface area contributed by atoms with Gasteiger partial charge >= 0.3 is 0 Å². The normalized spacial score (nSPS) is 15.3. The number of hydrogen-bond acceptors (Lipinski definition) is 5. The zero-order valence-electron chi connectivity index (χ0n) is 18.2. The Labute approximate surface area is 177 Å². The van der Waals surface area contributed by atoms with Crippen molar-refractivity contribution in [2.24, 2.45) is 12.0 Å². The highest BCUT2D eigenvalue weighted by Gasteiger charge is 2.17. The highest BCUT2D eigenvalue weighted by atomic mass is 16.5. The number of aromatic nitrogens is 2. The lowest BCUT2D eigenvalue weighted by Gasteiger charge is -2.13. The van der Waals surface area contributed by atoms with Gasteiger partial charge in [-0.05, 0) is 31.1 Å². The summed E-state index contributed by atoms with van der Waals surface area (Å²) in [6.07, 6.45) is 8.74. The van der Waals surface area contributed by atoms with Crippen molar-refractivity contribution < 1.29 is 14.2 Å². The Hall–Kier alpha value is -3.22. The number of nitrogens with one attached hydrogen (secondary N) is 1. The van der Waals surface area contributed by atoms with Gasteiger partial charge in [-0.3, -0.25) is 9.67 Å². The Bertz CT molecular complexity index is 1000. The van der Waals surface area contributed by atoms with E-state index < -0.39 is 0 Å². The fourth-order valence-corrected chi connectivity index (χ4v) is 3.28. The third kappa shape index (κ3) is 4.67. The molecule has 7 nitrogen and oxygen atoms in total. The molecule has 0 fully saturated rings. The van der Waals surface area contributed by atoms with Crippen LogP contribution in [0.1, 0.15) is 31.9 Å². The highest BCUT2D eigenvalue weighted by Crippen LogP contribution is 2.33. The molecule has 0 spiro atoms. The summed E-state index contributed by atoms with van der Waals surface area (Å²) in [6, 6.07) is 3.86. The number of amidine groups is 1. The number of unbranched alkanes of at least 4 members (excludes halogenated alkanes) is 1. The third-order valence-electron chi connectivity index (χ3n) is 4.94. The van der Waals surface area contributed by atoms with E-state index in [4.69, 9.17) is 19.2 Å². The fourth-order valence-electron chi connectivity index (χ4n) is 3.28. The van der Waals surface area contributed by atoms with Crippen molar-refractivity contribution in [3.05, 3.63) is 54.1 Å². The minimum absolute atomic E-state index is 0.316. The first kappa shape index (κ1) is 21.5. The molecule has 2 aromatic rings. The lowest BCUT2D eigenvalue weighted by molar-refractivity contribution is 0.212. The molecule has 7 heteroatoms. The van der Waals surface area contributed by atoms with Crippen LogP contribution in [-0.4, -0.2) is 36.4 Å². The van der Waals surface area contributed by atoms with Crippen molar-refractivity contribution >= 4 is 16.7 Å². The van der Waals surface area contributed by atoms with Gasteiger partial charge in [0.2, 0.25) is 0 Å². The van der Waals surface area contributed by atoms with Gasteiger partial charge in [-0.15, -0.1) is 0 Å². The van der Waals surface area contributed by atoms with Crippen molar-refractivity contribution in [1.82, 2.24) is 15.1 Å². The summed E-state index contributed by atoms with van der Waals surface area (Å²) in [4.78, 5) is 4.70. The highest BCUT2D eigenvalue weighted by molar-refractivity contribution is 5.98. The maximum atomic E-state index is 6.19. The summed E-state index contributed by atoms with van der Waals surface area (Å²) in [5, 5.41) is 8.93. The summed E-state index contributed by atoms with van der Waals surface area (Å²) in [5.41, 5.74) is 2.70. The minimum Gasteiger partial charge on any atom is -0.493 e. The zero-order valence-corrected chi connectivity index (χ0v) is 18.2. The third-order valence-corrected chi connectivity index (χ3v) is 4.94. The topological polar surface area (TPSA) is 69.9 Å². The number of hydrogen-bond donors (Lipinski definition) is 1. The monoisotopic (exact) mass is 410 g/mol. The van der Waals surface area contributed by atoms with Crippen molar-refractivity contribution in [1.29, 1.82) is 0 Å². The van der Waals surface area contributed by atoms with Gasteiger partial charge in [-0.1, -0.05) is 26.0 Å². The van der Waals surface area contributed by atoms with E-state index in [9.17, 15) is 0 Å². The molecule has 0 bridgehead atoms. The van der Waals surface area contributed by atoms with Crippen molar-refractivity contribution in [3.63, 3.8) is 0 Å². The first-order valence-corrected chi connectivity index (χ1v) is 10.2. The van der Waals surface area contributed by atoms with Gasteiger partial charge in [-0.2, -0.15) is 5.10 Å². The summed E-state index contributed by atoms with van der Waals surface area (Å²) in [6.45, 7) is 7.07. The Morgan fingerprint density at radius 3 is 2.70 bits per heavy atom. The number of methoxy groups -OCH3 is 2. The number of allylic oxidation sites excluding steroid dienone is 3. The number of nitrogens with zero attached hydrogens (tertiary/aromatic N) is 3. The molecule has 1 aliphatic heterocycles. The van der Waals surface area contributed by atoms with Gasteiger partial charge in [0.1, 0.15) is 12.3 Å². The molecular weight excluding hydrogens is 380 g/mol. The number of aliphatic imine (C=N–C) groups is 1. The van der Waals surface area contributed by atoms with Crippen LogP contribution < -0.4 is 14.8 Å². The summed E-state index contributed by atoms with van der Waals surface area (Å²) < 4.78 is 18.9. The average Bonchev–Trinajstić information content (AvgIpc) is 2.94. The predicted molar refractivity (Wildman–Crippen MR) is 120 cm³/mol. The molecule has 0 atom stereocenters. The molecule has 0 saturated heterocycles. The van der Waals surface area contributed by atoms with Crippen LogP contribution in [0.4, 0.5) is 0 Å². The summed E-state index contributed by atoms with van der Waals surface area (Å²) in [7, 11) is 5.16. The van der Waals surface area contributed by atoms with Crippen LogP contribution in [0.5, 0.6) is 11.5 Å². The van der Waals surface area contributed by atoms with Crippen LogP contribution in [0, 0.1) is 0 Å². The number of benzene rings is 1. The first-order valence-electron chi connectivity index (χ1n) is 10.2. The second-order valence-electron chi connectivity index (χ2n) is 6.96. The molecular formula is C23H30N4O3. The molecule has 0 saturated carbocycles. The smallest absolute Gasteiger partial charge is 0.168 e. The average molecular weight is 411 g/mol. The van der Waals surface area contributed by atoms with Gasteiger partial charge in [-0.25, -0.2) is 0 Å². The molecule has 1 aliphatic rings. The second kappa shape index (κ2) is 10.0. The van der Waals surface area contributed by atoms with Gasteiger partial charge in [0.05, 0.1) is 19.7 Å². The van der Waals surface area contributed by atoms with E-state index >= 15 is 0 Å². The van der Waals surface area contributed by atoms with E-state index in [-0.39, 0.29) is 0 Å². The van der Waals surface area contributed by atoms with Crippen LogP contribution in [0.2, 0.25) is 0 Å². The Morgan fingerprint density at radius 2 is 2.00 bits per heavy atom. The van der Waals surface area contributed by atoms with E-state index in [0.717, 1.165) is 59.7 Å². The van der Waals surface area contributed by atoms with Gasteiger partial charge in [0.25, 0.3) is 0 Å². The second-order valence-corrected chi connectivity index (χ2v) is 6.96. The lowest BCUT2D eigenvalue weighted by atomic mass is 10.2. The first-order chi connectivity index (χ1) is 14.6. The van der Waals surface area contributed by atoms with Crippen LogP contribution in [-0.2, 0) is 18.4 Å². The van der Waals surface area contributed by atoms with E-state index in [1.165, 1.54) is 0 Å². The van der Waals surface area contributed by atoms with E-state index in [1.807, 2.05) is 29.9 Å². The standard InChI is InChI=1S/C23H30N4O3/c1-6-8-12-24-23-20(11-9-10-16(7-2)25-23)30-15-18-17-13-21(28-4)22(29-5)14-19(17)27(3)26-18/h7,10-11,13-14H,2,6,8-9,12,15H2,1,3-5H3,(H,24,25). The molecule has 3 rings (SSSR count). The van der Waals surface area contributed by atoms with E-state index in [1.54, 1.807) is 20.3 Å². The van der Waals surface area contributed by atoms with Gasteiger partial charge < -0.3 is 19.5 Å². The maximum Gasteiger partial charge on any atom is 0.168 e. The minimum atomic E-state index is 0.316. The number of rotatable bonds is 9. The molecule has 0 radical (unpaired) electrons. The van der Waals surface area contributed by atoms with Crippen LogP contribution >= 0.6 is 0 Å². The lowest BCUT2D eigenvalue weighted by Crippen LogP contribution is -2.25. The molecule has 30 heavy (non-hydrogen) atoms. The SMILES string of the molecule is C=CC1=CCC=C(OCc2nn(C)c3cc(OC)c(OC)cc23)C(=NCCCC)N1. The number of ether oxygens (including phenoxy) is 3. The van der Waals surface area contributed by atoms with E-state index in [2.05, 4.69) is 30.0 Å². The molecule has 0 unspecified atom stereocenters. The van der Waals surface area contributed by atoms with Crippen molar-refractivity contribution in [2.45, 2.75) is 32.8 Å². The summed E-state index contributed by atoms with van der Waals surface area (Å²) >= 11 is 0. The zero-order chi connectivity index (χ0) is 21.5. The molecule has 0 aliphatic carbocycles. The molecule has 1 N–H and O–H groups in total. The van der Waals surface area contributed by atoms with Gasteiger partial charge in [0.15, 0.2) is 23.1 Å². The van der Waals surface area contributed by atoms with Crippen LogP contribution in [0.3, 0.4) is 0 Å². The molecule has 2 heterocycles. The van der Waals surface area contributed by atoms with Gasteiger partial charge in [0, 0.05) is 30.7 Å². The number of fused-ring (bicyclic) bond motifs is 1. The van der Waals surface area contributed by atoms with Crippen molar-refractivity contribution in [3.8, 4) is 11.5 Å². The van der Waals surface area contributed by atoms with E-state index in [0.29, 0.717) is 18.1 Å². The number of aryl methyl sites for hydroxylation is 1. The molecule has 0 amide bonds. The van der Waals surface area contributed by atoms with Crippen LogP contribution in [0.15, 0.2) is 53.4 Å².